The van der Waals surface area contributed by atoms with Crippen LogP contribution in [0.4, 0.5) is 5.95 Å². The van der Waals surface area contributed by atoms with E-state index in [1.54, 1.807) is 0 Å². The maximum atomic E-state index is 4.57. The fraction of sp³-hybridized carbons (Fsp3) is 0.471. The second-order valence-corrected chi connectivity index (χ2v) is 5.86. The monoisotopic (exact) mass is 271 g/mol. The molecule has 20 heavy (non-hydrogen) atoms. The van der Waals surface area contributed by atoms with Gasteiger partial charge >= 0.3 is 0 Å². The van der Waals surface area contributed by atoms with E-state index in [1.165, 1.54) is 11.1 Å². The highest BCUT2D eigenvalue weighted by Crippen LogP contribution is 2.12. The molecule has 0 aliphatic carbocycles. The lowest BCUT2D eigenvalue weighted by molar-refractivity contribution is 0.526. The molecule has 2 aromatic rings. The zero-order valence-electron chi connectivity index (χ0n) is 13.0. The molecule has 1 aromatic heterocycles. The van der Waals surface area contributed by atoms with Gasteiger partial charge in [-0.15, -0.1) is 0 Å². The van der Waals surface area contributed by atoms with Crippen molar-refractivity contribution in [3.05, 3.63) is 47.3 Å². The fourth-order valence-corrected chi connectivity index (χ4v) is 2.42. The van der Waals surface area contributed by atoms with Crippen molar-refractivity contribution in [1.29, 1.82) is 0 Å². The summed E-state index contributed by atoms with van der Waals surface area (Å²) >= 11 is 0. The molecule has 0 spiro atoms. The Labute approximate surface area is 122 Å². The molecule has 0 bridgehead atoms. The third-order valence-corrected chi connectivity index (χ3v) is 3.40. The zero-order chi connectivity index (χ0) is 14.5. The highest BCUT2D eigenvalue weighted by Gasteiger charge is 2.06. The molecule has 108 valence electrons. The molecule has 1 aromatic carbocycles. The lowest BCUT2D eigenvalue weighted by Gasteiger charge is -2.12. The Morgan fingerprint density at radius 2 is 1.95 bits per heavy atom. The summed E-state index contributed by atoms with van der Waals surface area (Å²) in [6.07, 6.45) is 3.15. The topological polar surface area (TPSA) is 29.9 Å². The fourth-order valence-electron chi connectivity index (χ4n) is 2.42. The molecule has 0 saturated carbocycles. The number of hydrogen-bond donors (Lipinski definition) is 1. The minimum absolute atomic E-state index is 0.625. The molecule has 0 amide bonds. The van der Waals surface area contributed by atoms with Gasteiger partial charge in [0.15, 0.2) is 0 Å². The van der Waals surface area contributed by atoms with Crippen LogP contribution in [0.15, 0.2) is 30.5 Å². The molecule has 0 fully saturated rings. The molecule has 0 unspecified atom stereocenters. The minimum Gasteiger partial charge on any atom is -0.355 e. The predicted octanol–water partition coefficient (Wildman–Crippen LogP) is 3.81. The molecule has 0 radical (unpaired) electrons. The van der Waals surface area contributed by atoms with Crippen LogP contribution >= 0.6 is 0 Å². The van der Waals surface area contributed by atoms with E-state index in [0.717, 1.165) is 31.2 Å². The van der Waals surface area contributed by atoms with Crippen LogP contribution in [0.2, 0.25) is 0 Å². The molecular weight excluding hydrogens is 246 g/mol. The van der Waals surface area contributed by atoms with Crippen LogP contribution in [-0.2, 0) is 13.0 Å². The minimum atomic E-state index is 0.625. The van der Waals surface area contributed by atoms with Crippen molar-refractivity contribution in [3.63, 3.8) is 0 Å². The summed E-state index contributed by atoms with van der Waals surface area (Å²) in [7, 11) is 0. The van der Waals surface area contributed by atoms with Crippen LogP contribution in [-0.4, -0.2) is 16.1 Å². The zero-order valence-corrected chi connectivity index (χ0v) is 13.0. The lowest BCUT2D eigenvalue weighted by Crippen LogP contribution is -2.12. The Bertz CT molecular complexity index is 555. The maximum Gasteiger partial charge on any atom is 0.203 e. The average Bonchev–Trinajstić information content (AvgIpc) is 2.71. The molecule has 0 saturated heterocycles. The van der Waals surface area contributed by atoms with Crippen LogP contribution in [0, 0.1) is 19.8 Å². The Hall–Kier alpha value is -1.77. The van der Waals surface area contributed by atoms with E-state index in [9.17, 15) is 0 Å². The van der Waals surface area contributed by atoms with E-state index in [0.29, 0.717) is 5.92 Å². The van der Waals surface area contributed by atoms with Gasteiger partial charge in [-0.25, -0.2) is 4.98 Å². The first-order valence-corrected chi connectivity index (χ1v) is 7.38. The third kappa shape index (κ3) is 3.86. The molecule has 0 aliphatic rings. The summed E-state index contributed by atoms with van der Waals surface area (Å²) in [5.41, 5.74) is 3.83. The maximum absolute atomic E-state index is 4.57. The van der Waals surface area contributed by atoms with E-state index < -0.39 is 0 Å². The van der Waals surface area contributed by atoms with Gasteiger partial charge in [-0.3, -0.25) is 0 Å². The number of nitrogens with one attached hydrogen (secondary N) is 1. The third-order valence-electron chi connectivity index (χ3n) is 3.40. The van der Waals surface area contributed by atoms with Gasteiger partial charge in [0.25, 0.3) is 0 Å². The molecule has 3 nitrogen and oxygen atoms in total. The van der Waals surface area contributed by atoms with Gasteiger partial charge in [0.05, 0.1) is 5.69 Å². The smallest absolute Gasteiger partial charge is 0.203 e. The van der Waals surface area contributed by atoms with Crippen LogP contribution in [0.25, 0.3) is 0 Å². The molecule has 0 aliphatic heterocycles. The van der Waals surface area contributed by atoms with Crippen molar-refractivity contribution < 1.29 is 0 Å². The van der Waals surface area contributed by atoms with Gasteiger partial charge in [0.2, 0.25) is 5.95 Å². The van der Waals surface area contributed by atoms with E-state index in [4.69, 9.17) is 0 Å². The van der Waals surface area contributed by atoms with Gasteiger partial charge in [-0.1, -0.05) is 38.1 Å². The number of nitrogens with zero attached hydrogens (tertiary/aromatic N) is 2. The first-order chi connectivity index (χ1) is 9.56. The number of imidazole rings is 1. The van der Waals surface area contributed by atoms with Crippen molar-refractivity contribution in [2.24, 2.45) is 5.92 Å². The van der Waals surface area contributed by atoms with Crippen LogP contribution in [0.1, 0.15) is 30.7 Å². The van der Waals surface area contributed by atoms with E-state index >= 15 is 0 Å². The lowest BCUT2D eigenvalue weighted by atomic mass is 10.1. The number of aromatic nitrogens is 2. The van der Waals surface area contributed by atoms with E-state index in [-0.39, 0.29) is 0 Å². The second-order valence-electron chi connectivity index (χ2n) is 5.86. The molecule has 3 heteroatoms. The van der Waals surface area contributed by atoms with E-state index in [2.05, 4.69) is 66.1 Å². The quantitative estimate of drug-likeness (QED) is 0.866. The van der Waals surface area contributed by atoms with Crippen LogP contribution in [0.5, 0.6) is 0 Å². The Kier molecular flexibility index (Phi) is 4.83. The normalized spacial score (nSPS) is 11.1. The summed E-state index contributed by atoms with van der Waals surface area (Å²) in [5, 5.41) is 3.47. The second kappa shape index (κ2) is 6.60. The summed E-state index contributed by atoms with van der Waals surface area (Å²) in [4.78, 5) is 4.57. The molecular formula is C17H25N3. The van der Waals surface area contributed by atoms with Crippen LogP contribution < -0.4 is 5.32 Å². The summed E-state index contributed by atoms with van der Waals surface area (Å²) < 4.78 is 2.22. The van der Waals surface area contributed by atoms with Gasteiger partial charge in [0, 0.05) is 19.3 Å². The van der Waals surface area contributed by atoms with E-state index in [1.807, 2.05) is 6.92 Å². The first kappa shape index (κ1) is 14.6. The molecule has 1 N–H and O–H groups in total. The van der Waals surface area contributed by atoms with Gasteiger partial charge < -0.3 is 9.88 Å². The van der Waals surface area contributed by atoms with Crippen LogP contribution in [0.3, 0.4) is 0 Å². The van der Waals surface area contributed by atoms with Crippen molar-refractivity contribution in [1.82, 2.24) is 9.55 Å². The largest absolute Gasteiger partial charge is 0.355 e. The highest BCUT2D eigenvalue weighted by atomic mass is 15.2. The summed E-state index contributed by atoms with van der Waals surface area (Å²) in [6, 6.07) is 8.55. The summed E-state index contributed by atoms with van der Waals surface area (Å²) in [5.74, 6) is 1.62. The van der Waals surface area contributed by atoms with Crippen molar-refractivity contribution in [2.45, 2.75) is 40.7 Å². The average molecular weight is 271 g/mol. The highest BCUT2D eigenvalue weighted by molar-refractivity contribution is 5.31. The Morgan fingerprint density at radius 3 is 2.65 bits per heavy atom. The standard InChI is InChI=1S/C17H25N3/c1-13(2)11-20-12-15(4)19-17(20)18-10-9-16-8-6-5-7-14(16)3/h5-8,12-13H,9-11H2,1-4H3,(H,18,19). The summed E-state index contributed by atoms with van der Waals surface area (Å²) in [6.45, 7) is 10.6. The van der Waals surface area contributed by atoms with Gasteiger partial charge in [-0.2, -0.15) is 0 Å². The predicted molar refractivity (Wildman–Crippen MR) is 85.2 cm³/mol. The van der Waals surface area contributed by atoms with Gasteiger partial charge in [0.1, 0.15) is 0 Å². The van der Waals surface area contributed by atoms with Crippen molar-refractivity contribution in [2.75, 3.05) is 11.9 Å². The van der Waals surface area contributed by atoms with Crippen molar-refractivity contribution >= 4 is 5.95 Å². The number of hydrogen-bond acceptors (Lipinski definition) is 2. The Morgan fingerprint density at radius 1 is 1.20 bits per heavy atom. The first-order valence-electron chi connectivity index (χ1n) is 7.38. The van der Waals surface area contributed by atoms with Gasteiger partial charge in [-0.05, 0) is 37.3 Å². The molecule has 0 atom stereocenters. The number of rotatable bonds is 6. The number of anilines is 1. The SMILES string of the molecule is Cc1cn(CC(C)C)c(NCCc2ccccc2C)n1. The number of aryl methyl sites for hydroxylation is 2. The molecule has 1 heterocycles. The Balaban J connectivity index is 1.96. The molecule has 2 rings (SSSR count). The number of benzene rings is 1. The van der Waals surface area contributed by atoms with Crippen molar-refractivity contribution in [3.8, 4) is 0 Å².